The average molecular weight is 204 g/mol. The summed E-state index contributed by atoms with van der Waals surface area (Å²) in [5, 5.41) is 2.41. The molecule has 15 heavy (non-hydrogen) atoms. The molecule has 0 radical (unpaired) electrons. The lowest BCUT2D eigenvalue weighted by molar-refractivity contribution is -0.134. The lowest BCUT2D eigenvalue weighted by Crippen LogP contribution is -2.29. The molecular formula is C11H12N2O2. The highest BCUT2D eigenvalue weighted by Gasteiger charge is 2.23. The van der Waals surface area contributed by atoms with Gasteiger partial charge in [0.1, 0.15) is 0 Å². The first-order chi connectivity index (χ1) is 7.16. The van der Waals surface area contributed by atoms with Crippen molar-refractivity contribution in [1.29, 1.82) is 0 Å². The Hall–Kier alpha value is -1.84. The Bertz CT molecular complexity index is 394. The van der Waals surface area contributed by atoms with Crippen molar-refractivity contribution in [2.75, 3.05) is 5.32 Å². The molecule has 2 rings (SSSR count). The van der Waals surface area contributed by atoms with E-state index >= 15 is 0 Å². The van der Waals surface area contributed by atoms with Crippen LogP contribution in [0.4, 0.5) is 5.69 Å². The van der Waals surface area contributed by atoms with Gasteiger partial charge in [0.15, 0.2) is 0 Å². The molecule has 0 heterocycles. The van der Waals surface area contributed by atoms with E-state index < -0.39 is 11.8 Å². The lowest BCUT2D eigenvalue weighted by Gasteiger charge is -2.03. The number of hydrogen-bond donors (Lipinski definition) is 2. The van der Waals surface area contributed by atoms with Crippen LogP contribution in [-0.4, -0.2) is 11.8 Å². The standard InChI is InChI=1S/C11H12N2O2/c12-10(14)11(15)13-9-5-3-8(4-6-9)7-1-2-7/h3-7H,1-2H2,(H2,12,14)(H,13,15). The zero-order valence-electron chi connectivity index (χ0n) is 8.19. The minimum absolute atomic E-state index is 0.600. The number of hydrogen-bond acceptors (Lipinski definition) is 2. The second-order valence-corrected chi connectivity index (χ2v) is 3.71. The van der Waals surface area contributed by atoms with E-state index in [0.29, 0.717) is 11.6 Å². The van der Waals surface area contributed by atoms with Crippen LogP contribution in [0.15, 0.2) is 24.3 Å². The summed E-state index contributed by atoms with van der Waals surface area (Å²) in [7, 11) is 0. The van der Waals surface area contributed by atoms with Crippen molar-refractivity contribution >= 4 is 17.5 Å². The van der Waals surface area contributed by atoms with Gasteiger partial charge in [-0.1, -0.05) is 12.1 Å². The Morgan fingerprint density at radius 1 is 1.20 bits per heavy atom. The second-order valence-electron chi connectivity index (χ2n) is 3.71. The Labute approximate surface area is 87.5 Å². The van der Waals surface area contributed by atoms with Crippen molar-refractivity contribution in [2.45, 2.75) is 18.8 Å². The Balaban J connectivity index is 2.03. The molecule has 0 saturated heterocycles. The van der Waals surface area contributed by atoms with E-state index in [1.165, 1.54) is 18.4 Å². The number of carbonyl (C=O) groups is 2. The summed E-state index contributed by atoms with van der Waals surface area (Å²) in [5.74, 6) is -1.07. The third-order valence-electron chi connectivity index (χ3n) is 2.44. The van der Waals surface area contributed by atoms with Gasteiger partial charge < -0.3 is 11.1 Å². The molecule has 3 N–H and O–H groups in total. The summed E-state index contributed by atoms with van der Waals surface area (Å²) >= 11 is 0. The molecule has 1 aliphatic rings. The number of rotatable bonds is 2. The summed E-state index contributed by atoms with van der Waals surface area (Å²) in [6, 6.07) is 7.51. The number of benzene rings is 1. The van der Waals surface area contributed by atoms with Crippen LogP contribution in [0, 0.1) is 0 Å². The number of carbonyl (C=O) groups excluding carboxylic acids is 2. The van der Waals surface area contributed by atoms with Crippen LogP contribution >= 0.6 is 0 Å². The van der Waals surface area contributed by atoms with Crippen LogP contribution in [0.1, 0.15) is 24.3 Å². The fourth-order valence-corrected chi connectivity index (χ4v) is 1.45. The maximum atomic E-state index is 11.0. The first-order valence-corrected chi connectivity index (χ1v) is 4.87. The van der Waals surface area contributed by atoms with E-state index in [4.69, 9.17) is 5.73 Å². The molecule has 0 atom stereocenters. The Morgan fingerprint density at radius 3 is 2.27 bits per heavy atom. The normalized spacial score (nSPS) is 14.7. The van der Waals surface area contributed by atoms with E-state index in [9.17, 15) is 9.59 Å². The van der Waals surface area contributed by atoms with Gasteiger partial charge in [-0.3, -0.25) is 9.59 Å². The van der Waals surface area contributed by atoms with E-state index in [-0.39, 0.29) is 0 Å². The molecule has 4 nitrogen and oxygen atoms in total. The third kappa shape index (κ3) is 2.34. The van der Waals surface area contributed by atoms with E-state index in [0.717, 1.165) is 0 Å². The third-order valence-corrected chi connectivity index (χ3v) is 2.44. The summed E-state index contributed by atoms with van der Waals surface area (Å²) in [6.45, 7) is 0. The largest absolute Gasteiger partial charge is 0.361 e. The topological polar surface area (TPSA) is 72.2 Å². The van der Waals surface area contributed by atoms with Crippen molar-refractivity contribution in [1.82, 2.24) is 0 Å². The summed E-state index contributed by atoms with van der Waals surface area (Å²) < 4.78 is 0. The van der Waals surface area contributed by atoms with Crippen molar-refractivity contribution in [3.63, 3.8) is 0 Å². The van der Waals surface area contributed by atoms with Gasteiger partial charge in [-0.25, -0.2) is 0 Å². The summed E-state index contributed by atoms with van der Waals surface area (Å²) in [6.07, 6.45) is 2.49. The molecule has 1 fully saturated rings. The van der Waals surface area contributed by atoms with E-state index in [1.807, 2.05) is 12.1 Å². The Kier molecular flexibility index (Phi) is 2.41. The summed E-state index contributed by atoms with van der Waals surface area (Å²) in [4.78, 5) is 21.5. The average Bonchev–Trinajstić information content (AvgIpc) is 3.02. The van der Waals surface area contributed by atoms with Crippen molar-refractivity contribution in [3.8, 4) is 0 Å². The van der Waals surface area contributed by atoms with Crippen molar-refractivity contribution in [3.05, 3.63) is 29.8 Å². The molecule has 1 aromatic rings. The number of nitrogens with one attached hydrogen (secondary N) is 1. The van der Waals surface area contributed by atoms with Gasteiger partial charge >= 0.3 is 11.8 Å². The fourth-order valence-electron chi connectivity index (χ4n) is 1.45. The van der Waals surface area contributed by atoms with Crippen LogP contribution in [0.25, 0.3) is 0 Å². The molecular weight excluding hydrogens is 192 g/mol. The number of primary amides is 1. The predicted molar refractivity (Wildman–Crippen MR) is 56.2 cm³/mol. The molecule has 0 unspecified atom stereocenters. The second kappa shape index (κ2) is 3.73. The monoisotopic (exact) mass is 204 g/mol. The van der Waals surface area contributed by atoms with Gasteiger partial charge in [-0.05, 0) is 36.5 Å². The highest BCUT2D eigenvalue weighted by atomic mass is 16.2. The van der Waals surface area contributed by atoms with Crippen LogP contribution < -0.4 is 11.1 Å². The number of anilines is 1. The number of amides is 2. The van der Waals surface area contributed by atoms with Crippen molar-refractivity contribution < 1.29 is 9.59 Å². The van der Waals surface area contributed by atoms with Gasteiger partial charge in [0, 0.05) is 5.69 Å². The highest BCUT2D eigenvalue weighted by Crippen LogP contribution is 2.40. The molecule has 2 amide bonds. The molecule has 0 aromatic heterocycles. The smallest absolute Gasteiger partial charge is 0.313 e. The zero-order chi connectivity index (χ0) is 10.8. The van der Waals surface area contributed by atoms with Crippen molar-refractivity contribution in [2.24, 2.45) is 5.73 Å². The number of nitrogens with two attached hydrogens (primary N) is 1. The van der Waals surface area contributed by atoms with E-state index in [1.54, 1.807) is 12.1 Å². The van der Waals surface area contributed by atoms with Crippen LogP contribution in [0.2, 0.25) is 0 Å². The minimum Gasteiger partial charge on any atom is -0.361 e. The first kappa shape index (κ1) is 9.71. The van der Waals surface area contributed by atoms with Gasteiger partial charge in [0.2, 0.25) is 0 Å². The zero-order valence-corrected chi connectivity index (χ0v) is 8.19. The molecule has 0 aliphatic heterocycles. The molecule has 0 spiro atoms. The highest BCUT2D eigenvalue weighted by molar-refractivity contribution is 6.39. The Morgan fingerprint density at radius 2 is 1.80 bits per heavy atom. The van der Waals surface area contributed by atoms with E-state index in [2.05, 4.69) is 5.32 Å². The van der Waals surface area contributed by atoms with Crippen LogP contribution in [0.3, 0.4) is 0 Å². The predicted octanol–water partition coefficient (Wildman–Crippen LogP) is 0.988. The molecule has 1 aromatic carbocycles. The van der Waals surface area contributed by atoms with Gasteiger partial charge in [0.05, 0.1) is 0 Å². The van der Waals surface area contributed by atoms with Gasteiger partial charge in [-0.15, -0.1) is 0 Å². The molecule has 4 heteroatoms. The quantitative estimate of drug-likeness (QED) is 0.705. The molecule has 0 bridgehead atoms. The SMILES string of the molecule is NC(=O)C(=O)Nc1ccc(C2CC2)cc1. The molecule has 78 valence electrons. The maximum Gasteiger partial charge on any atom is 0.313 e. The van der Waals surface area contributed by atoms with Gasteiger partial charge in [0.25, 0.3) is 0 Å². The fraction of sp³-hybridized carbons (Fsp3) is 0.273. The summed E-state index contributed by atoms with van der Waals surface area (Å²) in [5.41, 5.74) is 6.71. The first-order valence-electron chi connectivity index (χ1n) is 4.87. The van der Waals surface area contributed by atoms with Gasteiger partial charge in [-0.2, -0.15) is 0 Å². The molecule has 1 aliphatic carbocycles. The molecule has 1 saturated carbocycles. The minimum atomic E-state index is -0.971. The lowest BCUT2D eigenvalue weighted by atomic mass is 10.1. The maximum absolute atomic E-state index is 11.0. The van der Waals surface area contributed by atoms with Crippen LogP contribution in [-0.2, 0) is 9.59 Å². The van der Waals surface area contributed by atoms with Crippen LogP contribution in [0.5, 0.6) is 0 Å².